The highest BCUT2D eigenvalue weighted by Gasteiger charge is 2.35. The molecular formula is C28H21ClN2O4S. The normalized spacial score (nSPS) is 15.4. The van der Waals surface area contributed by atoms with Crippen LogP contribution in [-0.2, 0) is 9.53 Å². The zero-order valence-corrected chi connectivity index (χ0v) is 20.8. The Kier molecular flexibility index (Phi) is 6.59. The number of thiazole rings is 1. The summed E-state index contributed by atoms with van der Waals surface area (Å²) < 4.78 is 7.45. The smallest absolute Gasteiger partial charge is 0.338 e. The molecule has 8 heteroatoms. The van der Waals surface area contributed by atoms with E-state index in [4.69, 9.17) is 21.3 Å². The van der Waals surface area contributed by atoms with Crippen molar-refractivity contribution in [3.63, 3.8) is 0 Å². The Hall–Kier alpha value is -3.94. The molecule has 5 rings (SSSR count). The van der Waals surface area contributed by atoms with Crippen LogP contribution in [0.2, 0.25) is 5.02 Å². The van der Waals surface area contributed by atoms with Gasteiger partial charge in [0.1, 0.15) is 5.75 Å². The number of hydrogen-bond acceptors (Lipinski definition) is 6. The molecule has 3 aromatic carbocycles. The summed E-state index contributed by atoms with van der Waals surface area (Å²) in [6.45, 7) is 1.92. The fourth-order valence-corrected chi connectivity index (χ4v) is 5.25. The van der Waals surface area contributed by atoms with E-state index in [9.17, 15) is 14.7 Å². The standard InChI is InChI=1S/C28H21ClN2O4S/c1-2-35-27(34)23-24(18-6-4-3-5-7-18)30-28-31(25(23)19-10-12-20(29)13-11-19)26(33)22(36-28)16-17-8-14-21(32)15-9-17/h3-16,25,32H,2H2,1H3/b22-16+. The molecule has 0 fully saturated rings. The summed E-state index contributed by atoms with van der Waals surface area (Å²) in [6.07, 6.45) is 1.75. The number of carbonyl (C=O) groups excluding carboxylic acids is 1. The van der Waals surface area contributed by atoms with Crippen molar-refractivity contribution in [2.24, 2.45) is 4.99 Å². The molecule has 0 saturated heterocycles. The summed E-state index contributed by atoms with van der Waals surface area (Å²) in [5.41, 5.74) is 2.69. The van der Waals surface area contributed by atoms with Gasteiger partial charge in [0.15, 0.2) is 4.80 Å². The third-order valence-electron chi connectivity index (χ3n) is 5.75. The predicted molar refractivity (Wildman–Crippen MR) is 141 cm³/mol. The average molecular weight is 517 g/mol. The van der Waals surface area contributed by atoms with Crippen LogP contribution >= 0.6 is 22.9 Å². The second-order valence-corrected chi connectivity index (χ2v) is 9.52. The van der Waals surface area contributed by atoms with Gasteiger partial charge >= 0.3 is 5.97 Å². The number of carbonyl (C=O) groups is 1. The van der Waals surface area contributed by atoms with Crippen LogP contribution in [-0.4, -0.2) is 22.2 Å². The van der Waals surface area contributed by atoms with Gasteiger partial charge in [-0.15, -0.1) is 0 Å². The molecule has 2 heterocycles. The number of aromatic hydroxyl groups is 1. The minimum atomic E-state index is -0.755. The van der Waals surface area contributed by atoms with E-state index >= 15 is 0 Å². The fraction of sp³-hybridized carbons (Fsp3) is 0.107. The molecule has 0 radical (unpaired) electrons. The summed E-state index contributed by atoms with van der Waals surface area (Å²) in [4.78, 5) is 32.4. The van der Waals surface area contributed by atoms with E-state index in [0.717, 1.165) is 11.1 Å². The van der Waals surface area contributed by atoms with Crippen molar-refractivity contribution < 1.29 is 14.6 Å². The molecule has 0 aliphatic carbocycles. The molecule has 1 aliphatic heterocycles. The Bertz CT molecular complexity index is 1640. The number of aromatic nitrogens is 1. The Morgan fingerprint density at radius 1 is 1.08 bits per heavy atom. The van der Waals surface area contributed by atoms with Crippen molar-refractivity contribution in [2.45, 2.75) is 13.0 Å². The van der Waals surface area contributed by atoms with Gasteiger partial charge in [0.05, 0.1) is 28.5 Å². The summed E-state index contributed by atoms with van der Waals surface area (Å²) in [7, 11) is 0. The van der Waals surface area contributed by atoms with E-state index in [2.05, 4.69) is 0 Å². The van der Waals surface area contributed by atoms with Crippen molar-refractivity contribution in [2.75, 3.05) is 6.61 Å². The number of phenolic OH excluding ortho intramolecular Hbond substituents is 1. The van der Waals surface area contributed by atoms with Gasteiger partial charge in [-0.05, 0) is 48.4 Å². The van der Waals surface area contributed by atoms with E-state index in [1.807, 2.05) is 30.3 Å². The maximum Gasteiger partial charge on any atom is 0.338 e. The Morgan fingerprint density at radius 3 is 2.44 bits per heavy atom. The zero-order valence-electron chi connectivity index (χ0n) is 19.2. The van der Waals surface area contributed by atoms with Crippen LogP contribution in [0.5, 0.6) is 5.75 Å². The van der Waals surface area contributed by atoms with Gasteiger partial charge in [0.2, 0.25) is 0 Å². The number of nitrogens with zero attached hydrogens (tertiary/aromatic N) is 2. The number of benzene rings is 3. The number of rotatable bonds is 5. The first-order valence-electron chi connectivity index (χ1n) is 11.3. The van der Waals surface area contributed by atoms with Gasteiger partial charge in [-0.25, -0.2) is 9.79 Å². The van der Waals surface area contributed by atoms with Gasteiger partial charge in [0.25, 0.3) is 5.56 Å². The number of halogens is 1. The van der Waals surface area contributed by atoms with Crippen molar-refractivity contribution >= 4 is 40.7 Å². The zero-order chi connectivity index (χ0) is 25.2. The summed E-state index contributed by atoms with van der Waals surface area (Å²) >= 11 is 7.39. The van der Waals surface area contributed by atoms with Crippen LogP contribution in [0.4, 0.5) is 0 Å². The molecular weight excluding hydrogens is 496 g/mol. The number of phenols is 1. The lowest BCUT2D eigenvalue weighted by molar-refractivity contribution is -0.138. The lowest BCUT2D eigenvalue weighted by atomic mass is 9.93. The van der Waals surface area contributed by atoms with Gasteiger partial charge in [-0.3, -0.25) is 9.36 Å². The SMILES string of the molecule is CCOC(=O)C1=C(c2ccccc2)N=c2s/c(=C/c3ccc(O)cc3)c(=O)n2C1c1ccc(Cl)cc1. The predicted octanol–water partition coefficient (Wildman–Crippen LogP) is 4.29. The lowest BCUT2D eigenvalue weighted by Gasteiger charge is -2.25. The quantitative estimate of drug-likeness (QED) is 0.401. The van der Waals surface area contributed by atoms with Gasteiger partial charge in [-0.1, -0.05) is 77.5 Å². The van der Waals surface area contributed by atoms with E-state index in [1.165, 1.54) is 11.3 Å². The van der Waals surface area contributed by atoms with Crippen LogP contribution < -0.4 is 14.9 Å². The number of hydrogen-bond donors (Lipinski definition) is 1. The Morgan fingerprint density at radius 2 is 1.78 bits per heavy atom. The average Bonchev–Trinajstić information content (AvgIpc) is 3.20. The molecule has 0 bridgehead atoms. The molecule has 1 aromatic heterocycles. The molecule has 0 spiro atoms. The summed E-state index contributed by atoms with van der Waals surface area (Å²) in [5, 5.41) is 10.1. The van der Waals surface area contributed by atoms with Crippen molar-refractivity contribution in [1.82, 2.24) is 4.57 Å². The van der Waals surface area contributed by atoms with Crippen LogP contribution in [0.3, 0.4) is 0 Å². The molecule has 1 aliphatic rings. The Labute approximate surface area is 215 Å². The third-order valence-corrected chi connectivity index (χ3v) is 6.99. The minimum Gasteiger partial charge on any atom is -0.508 e. The molecule has 1 atom stereocenters. The van der Waals surface area contributed by atoms with Crippen LogP contribution in [0.1, 0.15) is 29.7 Å². The first kappa shape index (κ1) is 23.8. The first-order chi connectivity index (χ1) is 17.5. The highest BCUT2D eigenvalue weighted by atomic mass is 35.5. The topological polar surface area (TPSA) is 80.9 Å². The van der Waals surface area contributed by atoms with Crippen molar-refractivity contribution in [1.29, 1.82) is 0 Å². The maximum absolute atomic E-state index is 13.7. The van der Waals surface area contributed by atoms with E-state index in [-0.39, 0.29) is 23.5 Å². The van der Waals surface area contributed by atoms with Gasteiger partial charge < -0.3 is 9.84 Å². The highest BCUT2D eigenvalue weighted by Crippen LogP contribution is 2.35. The molecule has 0 saturated carbocycles. The summed E-state index contributed by atoms with van der Waals surface area (Å²) in [6, 6.07) is 22.3. The second kappa shape index (κ2) is 9.97. The van der Waals surface area contributed by atoms with Crippen LogP contribution in [0.15, 0.2) is 94.2 Å². The second-order valence-electron chi connectivity index (χ2n) is 8.07. The van der Waals surface area contributed by atoms with Crippen LogP contribution in [0.25, 0.3) is 11.8 Å². The minimum absolute atomic E-state index is 0.142. The molecule has 6 nitrogen and oxygen atoms in total. The molecule has 180 valence electrons. The molecule has 36 heavy (non-hydrogen) atoms. The molecule has 4 aromatic rings. The number of esters is 1. The largest absolute Gasteiger partial charge is 0.508 e. The maximum atomic E-state index is 13.7. The first-order valence-corrected chi connectivity index (χ1v) is 12.5. The van der Waals surface area contributed by atoms with Crippen LogP contribution in [0, 0.1) is 0 Å². The van der Waals surface area contributed by atoms with Gasteiger partial charge in [0, 0.05) is 10.6 Å². The molecule has 1 N–H and O–H groups in total. The van der Waals surface area contributed by atoms with Crippen molar-refractivity contribution in [3.8, 4) is 5.75 Å². The van der Waals surface area contributed by atoms with Crippen molar-refractivity contribution in [3.05, 3.63) is 126 Å². The lowest BCUT2D eigenvalue weighted by Crippen LogP contribution is -2.40. The van der Waals surface area contributed by atoms with Gasteiger partial charge in [-0.2, -0.15) is 0 Å². The number of fused-ring (bicyclic) bond motifs is 1. The van der Waals surface area contributed by atoms with E-state index in [1.54, 1.807) is 66.1 Å². The fourth-order valence-electron chi connectivity index (χ4n) is 4.12. The highest BCUT2D eigenvalue weighted by molar-refractivity contribution is 7.07. The number of ether oxygens (including phenoxy) is 1. The molecule has 0 amide bonds. The molecule has 1 unspecified atom stereocenters. The Balaban J connectivity index is 1.82. The third kappa shape index (κ3) is 4.51. The van der Waals surface area contributed by atoms with E-state index < -0.39 is 12.0 Å². The summed E-state index contributed by atoms with van der Waals surface area (Å²) in [5.74, 6) is -0.393. The monoisotopic (exact) mass is 516 g/mol. The van der Waals surface area contributed by atoms with E-state index in [0.29, 0.717) is 25.6 Å².